The number of nitrogen functional groups attached to an aromatic ring is 1. The van der Waals surface area contributed by atoms with Gasteiger partial charge in [0.15, 0.2) is 0 Å². The summed E-state index contributed by atoms with van der Waals surface area (Å²) in [6.45, 7) is 0.198. The summed E-state index contributed by atoms with van der Waals surface area (Å²) >= 11 is 3.16. The van der Waals surface area contributed by atoms with Crippen LogP contribution in [0.5, 0.6) is 0 Å². The van der Waals surface area contributed by atoms with Gasteiger partial charge in [-0.05, 0) is 12.1 Å². The minimum absolute atomic E-state index is 0.159. The molecule has 15 heavy (non-hydrogen) atoms. The number of rotatable bonds is 3. The summed E-state index contributed by atoms with van der Waals surface area (Å²) in [5.41, 5.74) is 2.67. The maximum Gasteiger partial charge on any atom is 0.265 e. The van der Waals surface area contributed by atoms with Crippen LogP contribution < -0.4 is 11.3 Å². The SMILES string of the molecule is COCc1c(Br)cc(F)cc1C(=O)NN. The van der Waals surface area contributed by atoms with Gasteiger partial charge in [0.05, 0.1) is 12.2 Å². The molecule has 0 aliphatic heterocycles. The predicted molar refractivity (Wildman–Crippen MR) is 56.5 cm³/mol. The monoisotopic (exact) mass is 276 g/mol. The van der Waals surface area contributed by atoms with Gasteiger partial charge in [-0.3, -0.25) is 10.2 Å². The van der Waals surface area contributed by atoms with Crippen LogP contribution >= 0.6 is 15.9 Å². The third-order valence-corrected chi connectivity index (χ3v) is 2.53. The van der Waals surface area contributed by atoms with Crippen LogP contribution in [0.1, 0.15) is 15.9 Å². The third-order valence-electron chi connectivity index (χ3n) is 1.82. The molecule has 0 unspecified atom stereocenters. The number of nitrogens with two attached hydrogens (primary N) is 1. The van der Waals surface area contributed by atoms with Crippen LogP contribution in [0.25, 0.3) is 0 Å². The molecule has 4 nitrogen and oxygen atoms in total. The van der Waals surface area contributed by atoms with Gasteiger partial charge in [0.1, 0.15) is 5.82 Å². The first-order valence-corrected chi connectivity index (χ1v) is 4.87. The first kappa shape index (κ1) is 12.1. The smallest absolute Gasteiger partial charge is 0.265 e. The molecule has 0 saturated heterocycles. The van der Waals surface area contributed by atoms with Crippen LogP contribution in [0, 0.1) is 5.82 Å². The van der Waals surface area contributed by atoms with Gasteiger partial charge in [-0.2, -0.15) is 0 Å². The van der Waals surface area contributed by atoms with E-state index in [9.17, 15) is 9.18 Å². The van der Waals surface area contributed by atoms with Crippen molar-refractivity contribution >= 4 is 21.8 Å². The molecule has 3 N–H and O–H groups in total. The summed E-state index contributed by atoms with van der Waals surface area (Å²) in [5.74, 6) is 3.92. The lowest BCUT2D eigenvalue weighted by Gasteiger charge is -2.09. The fourth-order valence-corrected chi connectivity index (χ4v) is 1.72. The minimum Gasteiger partial charge on any atom is -0.380 e. The molecular weight excluding hydrogens is 267 g/mol. The maximum absolute atomic E-state index is 13.1. The molecule has 0 bridgehead atoms. The molecule has 6 heteroatoms. The van der Waals surface area contributed by atoms with Crippen molar-refractivity contribution in [3.8, 4) is 0 Å². The van der Waals surface area contributed by atoms with Crippen LogP contribution in [0.2, 0.25) is 0 Å². The number of hydrazine groups is 1. The predicted octanol–water partition coefficient (Wildman–Crippen LogP) is 1.34. The van der Waals surface area contributed by atoms with Gasteiger partial charge in [0.25, 0.3) is 5.91 Å². The van der Waals surface area contributed by atoms with Gasteiger partial charge >= 0.3 is 0 Å². The van der Waals surface area contributed by atoms with Gasteiger partial charge < -0.3 is 4.74 Å². The topological polar surface area (TPSA) is 64.3 Å². The van der Waals surface area contributed by atoms with Crippen molar-refractivity contribution in [2.75, 3.05) is 7.11 Å². The van der Waals surface area contributed by atoms with Gasteiger partial charge in [0, 0.05) is 17.1 Å². The normalized spacial score (nSPS) is 10.1. The lowest BCUT2D eigenvalue weighted by molar-refractivity contribution is 0.0948. The van der Waals surface area contributed by atoms with E-state index in [1.54, 1.807) is 0 Å². The average molecular weight is 277 g/mol. The number of ether oxygens (including phenoxy) is 1. The van der Waals surface area contributed by atoms with E-state index in [4.69, 9.17) is 10.6 Å². The number of carbonyl (C=O) groups is 1. The highest BCUT2D eigenvalue weighted by atomic mass is 79.9. The number of nitrogens with one attached hydrogen (secondary N) is 1. The Bertz CT molecular complexity index is 385. The van der Waals surface area contributed by atoms with Crippen molar-refractivity contribution < 1.29 is 13.9 Å². The molecule has 82 valence electrons. The standard InChI is InChI=1S/C9H10BrFN2O2/c1-15-4-7-6(9(14)13-12)2-5(11)3-8(7)10/h2-3H,4,12H2,1H3,(H,13,14). The molecule has 0 aromatic heterocycles. The van der Waals surface area contributed by atoms with Crippen molar-refractivity contribution in [2.24, 2.45) is 5.84 Å². The summed E-state index contributed by atoms with van der Waals surface area (Å²) in [6, 6.07) is 2.38. The van der Waals surface area contributed by atoms with Crippen LogP contribution in [-0.2, 0) is 11.3 Å². The van der Waals surface area contributed by atoms with E-state index in [-0.39, 0.29) is 12.2 Å². The quantitative estimate of drug-likeness (QED) is 0.498. The lowest BCUT2D eigenvalue weighted by Crippen LogP contribution is -2.31. The summed E-state index contributed by atoms with van der Waals surface area (Å²) in [5, 5.41) is 0. The van der Waals surface area contributed by atoms with E-state index >= 15 is 0 Å². The van der Waals surface area contributed by atoms with E-state index < -0.39 is 11.7 Å². The minimum atomic E-state index is -0.553. The molecular formula is C9H10BrFN2O2. The molecule has 0 aliphatic rings. The molecule has 0 heterocycles. The Balaban J connectivity index is 3.26. The Morgan fingerprint density at radius 1 is 1.67 bits per heavy atom. The van der Waals surface area contributed by atoms with E-state index in [1.165, 1.54) is 13.2 Å². The second-order valence-electron chi connectivity index (χ2n) is 2.82. The zero-order valence-electron chi connectivity index (χ0n) is 8.01. The maximum atomic E-state index is 13.1. The molecule has 1 aromatic rings. The molecule has 0 atom stereocenters. The Kier molecular flexibility index (Phi) is 4.19. The highest BCUT2D eigenvalue weighted by Gasteiger charge is 2.15. The van der Waals surface area contributed by atoms with Gasteiger partial charge in [-0.15, -0.1) is 0 Å². The molecule has 0 saturated carbocycles. The van der Waals surface area contributed by atoms with E-state index in [0.29, 0.717) is 10.0 Å². The van der Waals surface area contributed by atoms with Crippen LogP contribution in [0.3, 0.4) is 0 Å². The Morgan fingerprint density at radius 3 is 2.87 bits per heavy atom. The van der Waals surface area contributed by atoms with Crippen LogP contribution in [-0.4, -0.2) is 13.0 Å². The first-order valence-electron chi connectivity index (χ1n) is 4.08. The van der Waals surface area contributed by atoms with E-state index in [1.807, 2.05) is 5.43 Å². The summed E-state index contributed by atoms with van der Waals surface area (Å²) < 4.78 is 18.4. The number of amides is 1. The summed E-state index contributed by atoms with van der Waals surface area (Å²) in [7, 11) is 1.49. The highest BCUT2D eigenvalue weighted by molar-refractivity contribution is 9.10. The first-order chi connectivity index (χ1) is 7.10. The Hall–Kier alpha value is -0.980. The van der Waals surface area contributed by atoms with E-state index in [2.05, 4.69) is 15.9 Å². The van der Waals surface area contributed by atoms with Gasteiger partial charge in [-0.25, -0.2) is 10.2 Å². The number of carbonyl (C=O) groups excluding carboxylic acids is 1. The fraction of sp³-hybridized carbons (Fsp3) is 0.222. The zero-order valence-corrected chi connectivity index (χ0v) is 9.60. The number of hydrogen-bond acceptors (Lipinski definition) is 3. The molecule has 1 aromatic carbocycles. The Labute approximate surface area is 94.7 Å². The van der Waals surface area contributed by atoms with Gasteiger partial charge in [0.2, 0.25) is 0 Å². The van der Waals surface area contributed by atoms with Crippen LogP contribution in [0.4, 0.5) is 4.39 Å². The second-order valence-corrected chi connectivity index (χ2v) is 3.67. The number of methoxy groups -OCH3 is 1. The van der Waals surface area contributed by atoms with Crippen molar-refractivity contribution in [1.82, 2.24) is 5.43 Å². The van der Waals surface area contributed by atoms with E-state index in [0.717, 1.165) is 6.07 Å². The molecule has 1 amide bonds. The van der Waals surface area contributed by atoms with Crippen molar-refractivity contribution in [1.29, 1.82) is 0 Å². The zero-order chi connectivity index (χ0) is 11.4. The third kappa shape index (κ3) is 2.74. The number of hydrogen-bond donors (Lipinski definition) is 2. The van der Waals surface area contributed by atoms with Gasteiger partial charge in [-0.1, -0.05) is 15.9 Å². The molecule has 0 fully saturated rings. The Morgan fingerprint density at radius 2 is 2.33 bits per heavy atom. The fourth-order valence-electron chi connectivity index (χ4n) is 1.17. The van der Waals surface area contributed by atoms with Crippen LogP contribution in [0.15, 0.2) is 16.6 Å². The number of benzene rings is 1. The van der Waals surface area contributed by atoms with Crippen molar-refractivity contribution in [2.45, 2.75) is 6.61 Å². The average Bonchev–Trinajstić information content (AvgIpc) is 2.20. The summed E-state index contributed by atoms with van der Waals surface area (Å²) in [4.78, 5) is 11.3. The summed E-state index contributed by atoms with van der Waals surface area (Å²) in [6.07, 6.45) is 0. The number of halogens is 2. The molecule has 0 radical (unpaired) electrons. The second kappa shape index (κ2) is 5.20. The molecule has 0 aliphatic carbocycles. The van der Waals surface area contributed by atoms with Crippen molar-refractivity contribution in [3.63, 3.8) is 0 Å². The highest BCUT2D eigenvalue weighted by Crippen LogP contribution is 2.23. The molecule has 1 rings (SSSR count). The molecule has 0 spiro atoms. The lowest BCUT2D eigenvalue weighted by atomic mass is 10.1. The largest absolute Gasteiger partial charge is 0.380 e. The van der Waals surface area contributed by atoms with Crippen molar-refractivity contribution in [3.05, 3.63) is 33.5 Å².